The zero-order valence-corrected chi connectivity index (χ0v) is 13.0. The molecule has 0 fully saturated rings. The molecule has 1 amide bonds. The Morgan fingerprint density at radius 2 is 2.40 bits per heavy atom. The van der Waals surface area contributed by atoms with Gasteiger partial charge in [0.25, 0.3) is 0 Å². The summed E-state index contributed by atoms with van der Waals surface area (Å²) in [5, 5.41) is 11.8. The van der Waals surface area contributed by atoms with Crippen LogP contribution in [0.1, 0.15) is 26.2 Å². The van der Waals surface area contributed by atoms with Gasteiger partial charge in [-0.25, -0.2) is 0 Å². The third-order valence-electron chi connectivity index (χ3n) is 2.90. The molecule has 0 atom stereocenters. The van der Waals surface area contributed by atoms with E-state index in [4.69, 9.17) is 12.2 Å². The van der Waals surface area contributed by atoms with Crippen molar-refractivity contribution in [3.8, 4) is 10.7 Å². The summed E-state index contributed by atoms with van der Waals surface area (Å²) in [4.78, 5) is 12.9. The Bertz CT molecular complexity index is 600. The lowest BCUT2D eigenvalue weighted by molar-refractivity contribution is -0.121. The maximum absolute atomic E-state index is 11.9. The summed E-state index contributed by atoms with van der Waals surface area (Å²) in [5.41, 5.74) is 0. The Morgan fingerprint density at radius 3 is 3.10 bits per heavy atom. The minimum absolute atomic E-state index is 0.0311. The number of rotatable bonds is 7. The molecule has 0 spiro atoms. The van der Waals surface area contributed by atoms with E-state index in [1.807, 2.05) is 17.5 Å². The molecule has 0 aliphatic carbocycles. The van der Waals surface area contributed by atoms with E-state index in [1.165, 1.54) is 0 Å². The molecule has 0 aliphatic heterocycles. The standard InChI is InChI=1S/C13H18N4OS2/c1-2-3-4-7-14-11(18)9-17-12(15-16-13(17)19)10-6-5-8-20-10/h5-6,8H,2-4,7,9H2,1H3,(H,14,18)(H,16,19). The summed E-state index contributed by atoms with van der Waals surface area (Å²) < 4.78 is 2.20. The van der Waals surface area contributed by atoms with Gasteiger partial charge in [-0.15, -0.1) is 11.3 Å². The van der Waals surface area contributed by atoms with Crippen LogP contribution in [0.3, 0.4) is 0 Å². The highest BCUT2D eigenvalue weighted by atomic mass is 32.1. The normalized spacial score (nSPS) is 10.7. The molecule has 0 unspecified atom stereocenters. The van der Waals surface area contributed by atoms with Crippen LogP contribution < -0.4 is 5.32 Å². The molecule has 0 saturated heterocycles. The molecule has 2 aromatic heterocycles. The Labute approximate surface area is 127 Å². The number of H-pyrrole nitrogens is 1. The van der Waals surface area contributed by atoms with E-state index in [1.54, 1.807) is 15.9 Å². The van der Waals surface area contributed by atoms with Crippen molar-refractivity contribution in [2.75, 3.05) is 6.54 Å². The number of aromatic nitrogens is 3. The van der Waals surface area contributed by atoms with Crippen LogP contribution in [0.15, 0.2) is 17.5 Å². The number of hydrogen-bond acceptors (Lipinski definition) is 4. The van der Waals surface area contributed by atoms with E-state index < -0.39 is 0 Å². The Morgan fingerprint density at radius 1 is 1.55 bits per heavy atom. The van der Waals surface area contributed by atoms with Gasteiger partial charge in [0, 0.05) is 6.54 Å². The van der Waals surface area contributed by atoms with Gasteiger partial charge in [0.05, 0.1) is 4.88 Å². The van der Waals surface area contributed by atoms with Crippen molar-refractivity contribution in [3.63, 3.8) is 0 Å². The smallest absolute Gasteiger partial charge is 0.240 e. The molecule has 0 bridgehead atoms. The third kappa shape index (κ3) is 3.77. The molecule has 2 rings (SSSR count). The van der Waals surface area contributed by atoms with E-state index in [0.717, 1.165) is 24.1 Å². The lowest BCUT2D eigenvalue weighted by Crippen LogP contribution is -2.28. The second-order valence-corrected chi connectivity index (χ2v) is 5.81. The highest BCUT2D eigenvalue weighted by Crippen LogP contribution is 2.22. The number of thiophene rings is 1. The lowest BCUT2D eigenvalue weighted by atomic mass is 10.2. The Hall–Kier alpha value is -1.47. The second-order valence-electron chi connectivity index (χ2n) is 4.47. The molecule has 2 aromatic rings. The van der Waals surface area contributed by atoms with Crippen LogP contribution in [0.2, 0.25) is 0 Å². The number of aromatic amines is 1. The van der Waals surface area contributed by atoms with Crippen molar-refractivity contribution >= 4 is 29.5 Å². The zero-order valence-electron chi connectivity index (χ0n) is 11.4. The maximum atomic E-state index is 11.9. The predicted octanol–water partition coefficient (Wildman–Crippen LogP) is 2.98. The highest BCUT2D eigenvalue weighted by molar-refractivity contribution is 7.71. The van der Waals surface area contributed by atoms with Crippen molar-refractivity contribution in [1.29, 1.82) is 0 Å². The van der Waals surface area contributed by atoms with Crippen molar-refractivity contribution in [1.82, 2.24) is 20.1 Å². The van der Waals surface area contributed by atoms with Crippen molar-refractivity contribution in [3.05, 3.63) is 22.3 Å². The first-order valence-corrected chi connectivity index (χ1v) is 7.97. The molecule has 7 heteroatoms. The van der Waals surface area contributed by atoms with Gasteiger partial charge in [-0.2, -0.15) is 5.10 Å². The number of nitrogens with zero attached hydrogens (tertiary/aromatic N) is 2. The number of carbonyl (C=O) groups is 1. The van der Waals surface area contributed by atoms with Crippen LogP contribution >= 0.6 is 23.6 Å². The van der Waals surface area contributed by atoms with E-state index in [0.29, 0.717) is 17.1 Å². The molecule has 0 aromatic carbocycles. The fraction of sp³-hybridized carbons (Fsp3) is 0.462. The van der Waals surface area contributed by atoms with Gasteiger partial charge >= 0.3 is 0 Å². The molecule has 108 valence electrons. The summed E-state index contributed by atoms with van der Waals surface area (Å²) in [6, 6.07) is 3.91. The first-order chi connectivity index (χ1) is 9.72. The maximum Gasteiger partial charge on any atom is 0.240 e. The molecule has 2 heterocycles. The first kappa shape index (κ1) is 14.9. The molecule has 0 radical (unpaired) electrons. The van der Waals surface area contributed by atoms with Gasteiger partial charge in [0.1, 0.15) is 6.54 Å². The Balaban J connectivity index is 2.01. The van der Waals surface area contributed by atoms with Crippen molar-refractivity contribution in [2.45, 2.75) is 32.7 Å². The second kappa shape index (κ2) is 7.35. The SMILES string of the molecule is CCCCCNC(=O)Cn1c(-c2cccs2)n[nH]c1=S. The summed E-state index contributed by atoms with van der Waals surface area (Å²) in [6.45, 7) is 3.06. The fourth-order valence-electron chi connectivity index (χ4n) is 1.86. The van der Waals surface area contributed by atoms with Crippen molar-refractivity contribution < 1.29 is 4.79 Å². The largest absolute Gasteiger partial charge is 0.355 e. The number of unbranched alkanes of at least 4 members (excludes halogenated alkanes) is 2. The number of hydrogen-bond donors (Lipinski definition) is 2. The number of carbonyl (C=O) groups excluding carboxylic acids is 1. The van der Waals surface area contributed by atoms with Gasteiger partial charge in [-0.1, -0.05) is 25.8 Å². The number of amides is 1. The van der Waals surface area contributed by atoms with E-state index in [-0.39, 0.29) is 12.5 Å². The Kier molecular flexibility index (Phi) is 5.49. The van der Waals surface area contributed by atoms with E-state index in [9.17, 15) is 4.79 Å². The van der Waals surface area contributed by atoms with Crippen LogP contribution in [-0.4, -0.2) is 27.2 Å². The number of nitrogens with one attached hydrogen (secondary N) is 2. The summed E-state index contributed by atoms with van der Waals surface area (Å²) in [6.07, 6.45) is 3.29. The fourth-order valence-corrected chi connectivity index (χ4v) is 2.78. The molecule has 2 N–H and O–H groups in total. The average molecular weight is 310 g/mol. The van der Waals surface area contributed by atoms with E-state index in [2.05, 4.69) is 22.4 Å². The molecule has 5 nitrogen and oxygen atoms in total. The molecule has 0 saturated carbocycles. The molecule has 20 heavy (non-hydrogen) atoms. The zero-order chi connectivity index (χ0) is 14.4. The van der Waals surface area contributed by atoms with E-state index >= 15 is 0 Å². The molecule has 0 aliphatic rings. The van der Waals surface area contributed by atoms with Crippen LogP contribution in [0, 0.1) is 4.77 Å². The molecular formula is C13H18N4OS2. The predicted molar refractivity (Wildman–Crippen MR) is 83.3 cm³/mol. The summed E-state index contributed by atoms with van der Waals surface area (Å²) in [5.74, 6) is 0.685. The third-order valence-corrected chi connectivity index (χ3v) is 4.08. The highest BCUT2D eigenvalue weighted by Gasteiger charge is 2.12. The molecular weight excluding hydrogens is 292 g/mol. The minimum Gasteiger partial charge on any atom is -0.355 e. The minimum atomic E-state index is -0.0311. The quantitative estimate of drug-likeness (QED) is 0.610. The van der Waals surface area contributed by atoms with Gasteiger partial charge < -0.3 is 5.32 Å². The van der Waals surface area contributed by atoms with Crippen LogP contribution in [0.5, 0.6) is 0 Å². The van der Waals surface area contributed by atoms with Crippen LogP contribution in [-0.2, 0) is 11.3 Å². The summed E-state index contributed by atoms with van der Waals surface area (Å²) in [7, 11) is 0. The van der Waals surface area contributed by atoms with Gasteiger partial charge in [-0.3, -0.25) is 14.5 Å². The monoisotopic (exact) mass is 310 g/mol. The summed E-state index contributed by atoms with van der Waals surface area (Å²) >= 11 is 6.76. The van der Waals surface area contributed by atoms with Crippen LogP contribution in [0.25, 0.3) is 10.7 Å². The van der Waals surface area contributed by atoms with Crippen LogP contribution in [0.4, 0.5) is 0 Å². The van der Waals surface area contributed by atoms with Gasteiger partial charge in [0.15, 0.2) is 10.6 Å². The lowest BCUT2D eigenvalue weighted by Gasteiger charge is -2.07. The van der Waals surface area contributed by atoms with Crippen molar-refractivity contribution in [2.24, 2.45) is 0 Å². The average Bonchev–Trinajstić information content (AvgIpc) is 3.06. The van der Waals surface area contributed by atoms with Gasteiger partial charge in [-0.05, 0) is 30.1 Å². The first-order valence-electron chi connectivity index (χ1n) is 6.68. The van der Waals surface area contributed by atoms with Gasteiger partial charge in [0.2, 0.25) is 5.91 Å². The topological polar surface area (TPSA) is 62.7 Å².